The summed E-state index contributed by atoms with van der Waals surface area (Å²) in [4.78, 5) is 24.0. The molecule has 0 unspecified atom stereocenters. The van der Waals surface area contributed by atoms with Crippen LogP contribution in [-0.2, 0) is 11.2 Å². The van der Waals surface area contributed by atoms with Crippen molar-refractivity contribution in [3.05, 3.63) is 35.2 Å². The third-order valence-electron chi connectivity index (χ3n) is 2.22. The number of hydrogen-bond acceptors (Lipinski definition) is 5. The van der Waals surface area contributed by atoms with Crippen LogP contribution in [0.4, 0.5) is 0 Å². The van der Waals surface area contributed by atoms with Gasteiger partial charge in [-0.15, -0.1) is 11.3 Å². The number of hydrogen-bond donors (Lipinski definition) is 1. The zero-order valence-electron chi connectivity index (χ0n) is 9.70. The zero-order valence-corrected chi connectivity index (χ0v) is 10.5. The zero-order chi connectivity index (χ0) is 13.0. The summed E-state index contributed by atoms with van der Waals surface area (Å²) in [5.74, 6) is -0.966. The molecule has 0 aromatic carbocycles. The molecule has 2 aromatic rings. The first-order chi connectivity index (χ1) is 8.70. The highest BCUT2D eigenvalue weighted by molar-refractivity contribution is 7.16. The maximum atomic E-state index is 10.5. The van der Waals surface area contributed by atoms with Crippen LogP contribution in [0.15, 0.2) is 24.7 Å². The molecule has 0 bridgehead atoms. The predicted octanol–water partition coefficient (Wildman–Crippen LogP) is 2.26. The topological polar surface area (TPSA) is 76.0 Å². The monoisotopic (exact) mass is 261 g/mol. The second-order valence-corrected chi connectivity index (χ2v) is 4.48. The molecule has 1 N–H and O–H groups in total. The van der Waals surface area contributed by atoms with Gasteiger partial charge < -0.3 is 5.11 Å². The van der Waals surface area contributed by atoms with Crippen LogP contribution in [0.2, 0.25) is 0 Å². The van der Waals surface area contributed by atoms with E-state index in [2.05, 4.69) is 15.0 Å². The lowest BCUT2D eigenvalue weighted by Crippen LogP contribution is -1.87. The Morgan fingerprint density at radius 1 is 1.50 bits per heavy atom. The molecule has 0 fully saturated rings. The number of carbonyl (C=O) groups is 1. The minimum atomic E-state index is -0.966. The molecular formula is C12H11N3O2S. The maximum Gasteiger partial charge on any atom is 0.328 e. The van der Waals surface area contributed by atoms with Gasteiger partial charge >= 0.3 is 5.97 Å². The second kappa shape index (κ2) is 5.50. The minimum absolute atomic E-state index is 0.701. The van der Waals surface area contributed by atoms with Crippen LogP contribution in [0, 0.1) is 0 Å². The van der Waals surface area contributed by atoms with E-state index in [9.17, 15) is 4.79 Å². The summed E-state index contributed by atoms with van der Waals surface area (Å²) in [5, 5.41) is 9.39. The number of aryl methyl sites for hydroxylation is 1. The van der Waals surface area contributed by atoms with E-state index in [1.165, 1.54) is 11.3 Å². The summed E-state index contributed by atoms with van der Waals surface area (Å²) in [6, 6.07) is 0. The van der Waals surface area contributed by atoms with Crippen molar-refractivity contribution in [1.29, 1.82) is 0 Å². The Bertz CT molecular complexity index is 578. The lowest BCUT2D eigenvalue weighted by Gasteiger charge is -1.91. The van der Waals surface area contributed by atoms with Gasteiger partial charge in [-0.05, 0) is 12.5 Å². The Balaban J connectivity index is 2.38. The van der Waals surface area contributed by atoms with Crippen molar-refractivity contribution in [2.75, 3.05) is 0 Å². The third-order valence-corrected chi connectivity index (χ3v) is 3.31. The lowest BCUT2D eigenvalue weighted by molar-refractivity contribution is -0.131. The summed E-state index contributed by atoms with van der Waals surface area (Å²) < 4.78 is 0. The Morgan fingerprint density at radius 3 is 2.94 bits per heavy atom. The van der Waals surface area contributed by atoms with Gasteiger partial charge in [-0.3, -0.25) is 9.97 Å². The molecule has 0 aliphatic rings. The van der Waals surface area contributed by atoms with Crippen molar-refractivity contribution in [1.82, 2.24) is 15.0 Å². The summed E-state index contributed by atoms with van der Waals surface area (Å²) in [6.07, 6.45) is 8.28. The number of nitrogens with zero attached hydrogens (tertiary/aromatic N) is 3. The van der Waals surface area contributed by atoms with Crippen molar-refractivity contribution < 1.29 is 9.90 Å². The van der Waals surface area contributed by atoms with Crippen molar-refractivity contribution in [2.45, 2.75) is 13.3 Å². The molecule has 5 nitrogen and oxygen atoms in total. The number of carboxylic acid groups (broad SMARTS) is 1. The predicted molar refractivity (Wildman–Crippen MR) is 69.2 cm³/mol. The van der Waals surface area contributed by atoms with E-state index in [0.717, 1.165) is 28.1 Å². The molecule has 0 saturated carbocycles. The molecule has 6 heteroatoms. The summed E-state index contributed by atoms with van der Waals surface area (Å²) in [7, 11) is 0. The normalized spacial score (nSPS) is 10.9. The fraction of sp³-hybridized carbons (Fsp3) is 0.167. The second-order valence-electron chi connectivity index (χ2n) is 3.45. The molecular weight excluding hydrogens is 250 g/mol. The molecule has 0 radical (unpaired) electrons. The van der Waals surface area contributed by atoms with Gasteiger partial charge in [0.1, 0.15) is 10.7 Å². The number of aromatic nitrogens is 3. The Labute approximate surface area is 108 Å². The molecule has 0 atom stereocenters. The highest BCUT2D eigenvalue weighted by Crippen LogP contribution is 2.27. The van der Waals surface area contributed by atoms with Crippen LogP contribution in [-0.4, -0.2) is 26.0 Å². The minimum Gasteiger partial charge on any atom is -0.478 e. The summed E-state index contributed by atoms with van der Waals surface area (Å²) in [6.45, 7) is 1.98. The molecule has 0 aliphatic heterocycles. The van der Waals surface area contributed by atoms with Crippen molar-refractivity contribution in [3.8, 4) is 10.7 Å². The van der Waals surface area contributed by atoms with E-state index in [1.807, 2.05) is 6.92 Å². The Morgan fingerprint density at radius 2 is 2.33 bits per heavy atom. The van der Waals surface area contributed by atoms with Gasteiger partial charge in [0.05, 0.1) is 16.8 Å². The van der Waals surface area contributed by atoms with E-state index < -0.39 is 5.97 Å². The average molecular weight is 261 g/mol. The van der Waals surface area contributed by atoms with Gasteiger partial charge in [0.25, 0.3) is 0 Å². The van der Waals surface area contributed by atoms with Crippen LogP contribution < -0.4 is 0 Å². The molecule has 0 aliphatic carbocycles. The lowest BCUT2D eigenvalue weighted by atomic mass is 10.3. The number of carboxylic acids is 1. The van der Waals surface area contributed by atoms with E-state index in [0.29, 0.717) is 5.69 Å². The Hall–Kier alpha value is -2.08. The van der Waals surface area contributed by atoms with Crippen molar-refractivity contribution in [2.24, 2.45) is 0 Å². The van der Waals surface area contributed by atoms with E-state index >= 15 is 0 Å². The fourth-order valence-electron chi connectivity index (χ4n) is 1.41. The standard InChI is InChI=1S/C12H11N3O2S/c1-2-8-10(3-4-11(16)17)18-12(15-8)9-7-13-5-6-14-9/h3-7H,2H2,1H3,(H,16,17)/b4-3+. The van der Waals surface area contributed by atoms with Crippen LogP contribution in [0.1, 0.15) is 17.5 Å². The molecule has 18 heavy (non-hydrogen) atoms. The molecule has 2 rings (SSSR count). The molecule has 2 heterocycles. The SMILES string of the molecule is CCc1nc(-c2cnccn2)sc1/C=C/C(=O)O. The number of aliphatic carboxylic acids is 1. The van der Waals surface area contributed by atoms with Crippen LogP contribution in [0.25, 0.3) is 16.8 Å². The summed E-state index contributed by atoms with van der Waals surface area (Å²) in [5.41, 5.74) is 1.57. The third kappa shape index (κ3) is 2.78. The van der Waals surface area contributed by atoms with Gasteiger partial charge in [-0.25, -0.2) is 9.78 Å². The number of thiazole rings is 1. The first-order valence-corrected chi connectivity index (χ1v) is 6.19. The molecule has 2 aromatic heterocycles. The van der Waals surface area contributed by atoms with Crippen LogP contribution >= 0.6 is 11.3 Å². The van der Waals surface area contributed by atoms with E-state index in [4.69, 9.17) is 5.11 Å². The highest BCUT2D eigenvalue weighted by atomic mass is 32.1. The van der Waals surface area contributed by atoms with Gasteiger partial charge in [0.2, 0.25) is 0 Å². The van der Waals surface area contributed by atoms with E-state index in [-0.39, 0.29) is 0 Å². The largest absolute Gasteiger partial charge is 0.478 e. The first kappa shape index (κ1) is 12.4. The maximum absolute atomic E-state index is 10.5. The van der Waals surface area contributed by atoms with Gasteiger partial charge in [0.15, 0.2) is 0 Å². The van der Waals surface area contributed by atoms with Crippen molar-refractivity contribution >= 4 is 23.4 Å². The van der Waals surface area contributed by atoms with Gasteiger partial charge in [-0.2, -0.15) is 0 Å². The van der Waals surface area contributed by atoms with Gasteiger partial charge in [0, 0.05) is 18.5 Å². The molecule has 0 saturated heterocycles. The number of rotatable bonds is 4. The molecule has 0 amide bonds. The Kier molecular flexibility index (Phi) is 3.78. The first-order valence-electron chi connectivity index (χ1n) is 5.37. The summed E-state index contributed by atoms with van der Waals surface area (Å²) >= 11 is 1.42. The van der Waals surface area contributed by atoms with Crippen LogP contribution in [0.5, 0.6) is 0 Å². The molecule has 0 spiro atoms. The fourth-order valence-corrected chi connectivity index (χ4v) is 2.43. The molecule has 92 valence electrons. The highest BCUT2D eigenvalue weighted by Gasteiger charge is 2.10. The van der Waals surface area contributed by atoms with E-state index in [1.54, 1.807) is 24.7 Å². The quantitative estimate of drug-likeness (QED) is 0.854. The van der Waals surface area contributed by atoms with Crippen LogP contribution in [0.3, 0.4) is 0 Å². The van der Waals surface area contributed by atoms with Gasteiger partial charge in [-0.1, -0.05) is 6.92 Å². The average Bonchev–Trinajstić information content (AvgIpc) is 2.80. The van der Waals surface area contributed by atoms with Crippen molar-refractivity contribution in [3.63, 3.8) is 0 Å². The smallest absolute Gasteiger partial charge is 0.328 e.